The van der Waals surface area contributed by atoms with Gasteiger partial charge in [0.05, 0.1) is 0 Å². The van der Waals surface area contributed by atoms with Crippen LogP contribution in [0, 0.1) is 0 Å². The molecule has 0 aliphatic carbocycles. The van der Waals surface area contributed by atoms with Crippen molar-refractivity contribution in [3.05, 3.63) is 66.3 Å². The molecule has 0 aliphatic heterocycles. The van der Waals surface area contributed by atoms with Crippen molar-refractivity contribution in [3.8, 4) is 0 Å². The fourth-order valence-corrected chi connectivity index (χ4v) is 1.36. The topological polar surface area (TPSA) is 0 Å². The molecule has 0 fully saturated rings. The maximum Gasteiger partial charge on any atom is -0.0257 e. The molecule has 0 heterocycles. The van der Waals surface area contributed by atoms with Gasteiger partial charge in [0.1, 0.15) is 0 Å². The molecule has 0 nitrogen and oxygen atoms in total. The molecule has 0 spiro atoms. The largest absolute Gasteiger partial charge is 0.0845 e. The van der Waals surface area contributed by atoms with Gasteiger partial charge in [0, 0.05) is 0 Å². The first-order chi connectivity index (χ1) is 7.93. The zero-order valence-electron chi connectivity index (χ0n) is 9.97. The first-order valence-electron chi connectivity index (χ1n) is 5.98. The second-order valence-electron chi connectivity index (χ2n) is 3.73. The van der Waals surface area contributed by atoms with E-state index in [0.29, 0.717) is 0 Å². The second-order valence-corrected chi connectivity index (χ2v) is 3.73. The number of unbranched alkanes of at least 4 members (excludes halogenated alkanes) is 2. The summed E-state index contributed by atoms with van der Waals surface area (Å²) in [6.07, 6.45) is 16.4. The minimum Gasteiger partial charge on any atom is -0.0845 e. The molecule has 0 unspecified atom stereocenters. The molecular formula is C16H20. The Morgan fingerprint density at radius 2 is 1.69 bits per heavy atom. The second kappa shape index (κ2) is 8.72. The van der Waals surface area contributed by atoms with Gasteiger partial charge in [-0.2, -0.15) is 0 Å². The number of rotatable bonds is 6. The minimum atomic E-state index is 1.18. The van der Waals surface area contributed by atoms with Gasteiger partial charge in [0.25, 0.3) is 0 Å². The number of allylic oxidation sites excluding steroid dienone is 5. The monoisotopic (exact) mass is 212 g/mol. The van der Waals surface area contributed by atoms with Gasteiger partial charge in [-0.25, -0.2) is 0 Å². The molecule has 0 heteroatoms. The summed E-state index contributed by atoms with van der Waals surface area (Å²) >= 11 is 0. The van der Waals surface area contributed by atoms with Crippen LogP contribution in [0.25, 0.3) is 6.08 Å². The van der Waals surface area contributed by atoms with Crippen LogP contribution < -0.4 is 0 Å². The lowest BCUT2D eigenvalue weighted by molar-refractivity contribution is 0.815. The Morgan fingerprint density at radius 3 is 2.44 bits per heavy atom. The average Bonchev–Trinajstić information content (AvgIpc) is 2.34. The van der Waals surface area contributed by atoms with Crippen LogP contribution in [0.5, 0.6) is 0 Å². The molecular weight excluding hydrogens is 192 g/mol. The van der Waals surface area contributed by atoms with Crippen molar-refractivity contribution in [1.29, 1.82) is 0 Å². The van der Waals surface area contributed by atoms with E-state index in [1.54, 1.807) is 0 Å². The van der Waals surface area contributed by atoms with E-state index in [-0.39, 0.29) is 0 Å². The maximum absolute atomic E-state index is 2.22. The fraction of sp³-hybridized carbons (Fsp3) is 0.250. The number of hydrogen-bond acceptors (Lipinski definition) is 0. The Kier molecular flexibility index (Phi) is 6.82. The van der Waals surface area contributed by atoms with Crippen LogP contribution in [0.3, 0.4) is 0 Å². The highest BCUT2D eigenvalue weighted by molar-refractivity contribution is 5.50. The minimum absolute atomic E-state index is 1.18. The van der Waals surface area contributed by atoms with E-state index in [9.17, 15) is 0 Å². The molecule has 0 atom stereocenters. The van der Waals surface area contributed by atoms with Crippen LogP contribution in [0.1, 0.15) is 31.7 Å². The summed E-state index contributed by atoms with van der Waals surface area (Å²) < 4.78 is 0. The van der Waals surface area contributed by atoms with E-state index in [1.807, 2.05) is 18.2 Å². The van der Waals surface area contributed by atoms with Crippen molar-refractivity contribution in [3.63, 3.8) is 0 Å². The van der Waals surface area contributed by atoms with Crippen molar-refractivity contribution in [2.24, 2.45) is 0 Å². The molecule has 0 radical (unpaired) electrons. The van der Waals surface area contributed by atoms with Crippen molar-refractivity contribution in [2.45, 2.75) is 26.2 Å². The highest BCUT2D eigenvalue weighted by atomic mass is 13.9. The predicted octanol–water partition coefficient (Wildman–Crippen LogP) is 5.00. The van der Waals surface area contributed by atoms with Gasteiger partial charge >= 0.3 is 0 Å². The molecule has 1 aromatic rings. The predicted molar refractivity (Wildman–Crippen MR) is 73.3 cm³/mol. The van der Waals surface area contributed by atoms with E-state index in [4.69, 9.17) is 0 Å². The lowest BCUT2D eigenvalue weighted by atomic mass is 10.2. The standard InChI is InChI=1S/C16H20/c1-2-3-4-5-6-7-8-10-13-16-14-11-9-12-15-16/h5-15H,2-4H2,1H3/b6-5+,8-7-,13-10-. The number of benzene rings is 1. The van der Waals surface area contributed by atoms with E-state index >= 15 is 0 Å². The van der Waals surface area contributed by atoms with Crippen LogP contribution in [-0.4, -0.2) is 0 Å². The third-order valence-corrected chi connectivity index (χ3v) is 2.28. The third kappa shape index (κ3) is 6.02. The summed E-state index contributed by atoms with van der Waals surface area (Å²) in [6.45, 7) is 2.21. The molecule has 1 aromatic carbocycles. The van der Waals surface area contributed by atoms with Gasteiger partial charge in [-0.1, -0.05) is 86.6 Å². The van der Waals surface area contributed by atoms with E-state index < -0.39 is 0 Å². The lowest BCUT2D eigenvalue weighted by Crippen LogP contribution is -1.66. The van der Waals surface area contributed by atoms with Crippen LogP contribution >= 0.6 is 0 Å². The molecule has 84 valence electrons. The fourth-order valence-electron chi connectivity index (χ4n) is 1.36. The SMILES string of the molecule is CCCC/C=C/C=C\C=C/c1ccccc1. The summed E-state index contributed by atoms with van der Waals surface area (Å²) in [5.41, 5.74) is 1.24. The van der Waals surface area contributed by atoms with Gasteiger partial charge in [-0.05, 0) is 12.0 Å². The van der Waals surface area contributed by atoms with Gasteiger partial charge in [-0.3, -0.25) is 0 Å². The summed E-state index contributed by atoms with van der Waals surface area (Å²) in [5, 5.41) is 0. The lowest BCUT2D eigenvalue weighted by Gasteiger charge is -1.88. The van der Waals surface area contributed by atoms with Crippen molar-refractivity contribution in [1.82, 2.24) is 0 Å². The normalized spacial score (nSPS) is 12.1. The Hall–Kier alpha value is -1.56. The third-order valence-electron chi connectivity index (χ3n) is 2.28. The summed E-state index contributed by atoms with van der Waals surface area (Å²) in [7, 11) is 0. The van der Waals surface area contributed by atoms with Crippen LogP contribution in [-0.2, 0) is 0 Å². The van der Waals surface area contributed by atoms with Gasteiger partial charge in [0.2, 0.25) is 0 Å². The molecule has 0 bridgehead atoms. The Bertz CT molecular complexity index is 342. The smallest absolute Gasteiger partial charge is 0.0257 e. The van der Waals surface area contributed by atoms with Crippen molar-refractivity contribution in [2.75, 3.05) is 0 Å². The van der Waals surface area contributed by atoms with E-state index in [0.717, 1.165) is 0 Å². The van der Waals surface area contributed by atoms with Gasteiger partial charge in [0.15, 0.2) is 0 Å². The zero-order chi connectivity index (χ0) is 11.5. The molecule has 0 N–H and O–H groups in total. The average molecular weight is 212 g/mol. The van der Waals surface area contributed by atoms with E-state index in [1.165, 1.54) is 24.8 Å². The zero-order valence-corrected chi connectivity index (χ0v) is 9.97. The molecule has 0 aromatic heterocycles. The van der Waals surface area contributed by atoms with Gasteiger partial charge in [-0.15, -0.1) is 0 Å². The first-order valence-corrected chi connectivity index (χ1v) is 5.98. The van der Waals surface area contributed by atoms with Crippen molar-refractivity contribution >= 4 is 6.08 Å². The van der Waals surface area contributed by atoms with E-state index in [2.05, 4.69) is 55.5 Å². The molecule has 0 aliphatic rings. The highest BCUT2D eigenvalue weighted by Gasteiger charge is 1.79. The summed E-state index contributed by atoms with van der Waals surface area (Å²) in [6, 6.07) is 10.3. The maximum atomic E-state index is 2.22. The van der Waals surface area contributed by atoms with Crippen LogP contribution in [0.4, 0.5) is 0 Å². The quantitative estimate of drug-likeness (QED) is 0.459. The van der Waals surface area contributed by atoms with Gasteiger partial charge < -0.3 is 0 Å². The molecule has 0 amide bonds. The van der Waals surface area contributed by atoms with Crippen LogP contribution in [0.2, 0.25) is 0 Å². The van der Waals surface area contributed by atoms with Crippen molar-refractivity contribution < 1.29 is 0 Å². The summed E-state index contributed by atoms with van der Waals surface area (Å²) in [5.74, 6) is 0. The van der Waals surface area contributed by atoms with Crippen LogP contribution in [0.15, 0.2) is 60.7 Å². The first kappa shape index (κ1) is 12.5. The number of hydrogen-bond donors (Lipinski definition) is 0. The molecule has 16 heavy (non-hydrogen) atoms. The Morgan fingerprint density at radius 1 is 0.938 bits per heavy atom. The Labute approximate surface area is 99.0 Å². The highest BCUT2D eigenvalue weighted by Crippen LogP contribution is 2.01. The molecule has 0 saturated carbocycles. The molecule has 0 saturated heterocycles. The molecule has 1 rings (SSSR count). The Balaban J connectivity index is 2.26. The summed E-state index contributed by atoms with van der Waals surface area (Å²) in [4.78, 5) is 0.